The topological polar surface area (TPSA) is 35.5 Å². The fourth-order valence-corrected chi connectivity index (χ4v) is 1.85. The molecule has 2 N–H and O–H groups in total. The maximum atomic E-state index is 12.4. The van der Waals surface area contributed by atoms with Crippen molar-refractivity contribution in [3.63, 3.8) is 0 Å². The van der Waals surface area contributed by atoms with E-state index < -0.39 is 12.7 Å². The molecule has 0 spiro atoms. The minimum atomic E-state index is -4.26. The Labute approximate surface area is 111 Å². The summed E-state index contributed by atoms with van der Waals surface area (Å²) in [6.07, 6.45) is -4.26. The number of anilines is 1. The zero-order valence-electron chi connectivity index (χ0n) is 11.3. The number of alkyl halides is 3. The minimum absolute atomic E-state index is 0.0000236. The maximum absolute atomic E-state index is 12.4. The lowest BCUT2D eigenvalue weighted by Crippen LogP contribution is -2.34. The van der Waals surface area contributed by atoms with E-state index in [2.05, 4.69) is 5.32 Å². The highest BCUT2D eigenvalue weighted by atomic mass is 19.4. The predicted molar refractivity (Wildman–Crippen MR) is 69.5 cm³/mol. The first-order valence-corrected chi connectivity index (χ1v) is 6.10. The molecule has 0 aliphatic carbocycles. The Bertz CT molecular complexity index is 421. The van der Waals surface area contributed by atoms with Crippen LogP contribution in [0, 0.1) is 0 Å². The summed E-state index contributed by atoms with van der Waals surface area (Å²) in [7, 11) is 1.75. The van der Waals surface area contributed by atoms with Gasteiger partial charge in [0.2, 0.25) is 0 Å². The van der Waals surface area contributed by atoms with E-state index in [0.717, 1.165) is 0 Å². The van der Waals surface area contributed by atoms with Crippen LogP contribution in [0.2, 0.25) is 0 Å². The van der Waals surface area contributed by atoms with E-state index in [-0.39, 0.29) is 18.3 Å². The molecule has 0 saturated carbocycles. The average Bonchev–Trinajstić information content (AvgIpc) is 2.33. The van der Waals surface area contributed by atoms with Gasteiger partial charge in [0, 0.05) is 29.9 Å². The van der Waals surface area contributed by atoms with Crippen molar-refractivity contribution in [2.75, 3.05) is 25.0 Å². The highest BCUT2D eigenvalue weighted by Gasteiger charge is 2.30. The lowest BCUT2D eigenvalue weighted by molar-refractivity contribution is -0.119. The van der Waals surface area contributed by atoms with E-state index in [1.54, 1.807) is 26.1 Å². The average molecular weight is 276 g/mol. The van der Waals surface area contributed by atoms with Gasteiger partial charge in [0.05, 0.1) is 0 Å². The van der Waals surface area contributed by atoms with Crippen LogP contribution in [0.15, 0.2) is 18.2 Å². The molecular formula is C13H19F3N2O. The van der Waals surface area contributed by atoms with Crippen molar-refractivity contribution >= 4 is 5.69 Å². The molecule has 3 nitrogen and oxygen atoms in total. The van der Waals surface area contributed by atoms with Gasteiger partial charge in [0.1, 0.15) is 12.3 Å². The van der Waals surface area contributed by atoms with Gasteiger partial charge >= 0.3 is 6.18 Å². The first kappa shape index (κ1) is 15.6. The molecule has 0 aliphatic heterocycles. The Morgan fingerprint density at radius 3 is 2.42 bits per heavy atom. The van der Waals surface area contributed by atoms with Crippen molar-refractivity contribution in [2.24, 2.45) is 0 Å². The number of hydrogen-bond donors (Lipinski definition) is 2. The molecule has 0 saturated heterocycles. The molecular weight excluding hydrogens is 257 g/mol. The van der Waals surface area contributed by atoms with Crippen molar-refractivity contribution in [3.8, 4) is 5.75 Å². The normalized spacial score (nSPS) is 13.4. The van der Waals surface area contributed by atoms with Gasteiger partial charge in [0.15, 0.2) is 0 Å². The van der Waals surface area contributed by atoms with Gasteiger partial charge in [-0.2, -0.15) is 13.2 Å². The summed E-state index contributed by atoms with van der Waals surface area (Å²) in [6.45, 7) is 2.71. The van der Waals surface area contributed by atoms with Gasteiger partial charge in [-0.1, -0.05) is 6.07 Å². The van der Waals surface area contributed by atoms with Crippen LogP contribution in [-0.4, -0.2) is 31.4 Å². The first-order chi connectivity index (χ1) is 8.78. The molecule has 0 aliphatic rings. The number of aromatic hydroxyl groups is 1. The summed E-state index contributed by atoms with van der Waals surface area (Å²) >= 11 is 0. The molecule has 0 bridgehead atoms. The number of phenolic OH excluding ortho intramolecular Hbond substituents is 1. The summed E-state index contributed by atoms with van der Waals surface area (Å²) in [5.41, 5.74) is 1.03. The summed E-state index contributed by atoms with van der Waals surface area (Å²) < 4.78 is 37.3. The monoisotopic (exact) mass is 276 g/mol. The van der Waals surface area contributed by atoms with Crippen molar-refractivity contribution in [1.29, 1.82) is 0 Å². The number of phenols is 1. The Balaban J connectivity index is 2.98. The quantitative estimate of drug-likeness (QED) is 0.867. The largest absolute Gasteiger partial charge is 0.508 e. The Hall–Kier alpha value is -1.43. The maximum Gasteiger partial charge on any atom is 0.405 e. The number of rotatable bonds is 5. The fourth-order valence-electron chi connectivity index (χ4n) is 1.85. The molecule has 19 heavy (non-hydrogen) atoms. The third-order valence-electron chi connectivity index (χ3n) is 3.03. The van der Waals surface area contributed by atoms with Crippen LogP contribution in [-0.2, 0) is 0 Å². The third kappa shape index (κ3) is 4.31. The summed E-state index contributed by atoms with van der Waals surface area (Å²) in [4.78, 5) is 1.17. The van der Waals surface area contributed by atoms with E-state index in [1.807, 2.05) is 6.92 Å². The van der Waals surface area contributed by atoms with Crippen LogP contribution in [0.4, 0.5) is 18.9 Å². The number of hydrogen-bond acceptors (Lipinski definition) is 3. The van der Waals surface area contributed by atoms with Crippen molar-refractivity contribution in [1.82, 2.24) is 5.32 Å². The van der Waals surface area contributed by atoms with Gasteiger partial charge in [-0.25, -0.2) is 0 Å². The summed E-state index contributed by atoms with van der Waals surface area (Å²) in [5.74, 6) is -0.0000236. The second-order valence-corrected chi connectivity index (χ2v) is 4.38. The van der Waals surface area contributed by atoms with E-state index >= 15 is 0 Å². The zero-order chi connectivity index (χ0) is 14.6. The zero-order valence-corrected chi connectivity index (χ0v) is 11.3. The van der Waals surface area contributed by atoms with Gasteiger partial charge in [-0.15, -0.1) is 0 Å². The highest BCUT2D eigenvalue weighted by molar-refractivity contribution is 5.54. The lowest BCUT2D eigenvalue weighted by atomic mass is 10.1. The number of benzene rings is 1. The van der Waals surface area contributed by atoms with Gasteiger partial charge in [0.25, 0.3) is 0 Å². The molecule has 6 heteroatoms. The first-order valence-electron chi connectivity index (χ1n) is 6.10. The highest BCUT2D eigenvalue weighted by Crippen LogP contribution is 2.30. The van der Waals surface area contributed by atoms with E-state index in [4.69, 9.17) is 0 Å². The van der Waals surface area contributed by atoms with Crippen LogP contribution in [0.3, 0.4) is 0 Å². The van der Waals surface area contributed by atoms with E-state index in [0.29, 0.717) is 11.3 Å². The van der Waals surface area contributed by atoms with Crippen molar-refractivity contribution in [3.05, 3.63) is 23.8 Å². The predicted octanol–water partition coefficient (Wildman–Crippen LogP) is 3.06. The molecule has 0 aromatic heterocycles. The molecule has 0 fully saturated rings. The van der Waals surface area contributed by atoms with Crippen LogP contribution in [0.1, 0.15) is 25.5 Å². The molecule has 1 rings (SSSR count). The van der Waals surface area contributed by atoms with Gasteiger partial charge in [-0.05, 0) is 27.0 Å². The van der Waals surface area contributed by atoms with Crippen molar-refractivity contribution in [2.45, 2.75) is 26.1 Å². The minimum Gasteiger partial charge on any atom is -0.508 e. The number of nitrogens with zero attached hydrogens (tertiary/aromatic N) is 1. The van der Waals surface area contributed by atoms with Gasteiger partial charge < -0.3 is 15.3 Å². The van der Waals surface area contributed by atoms with Crippen LogP contribution in [0.5, 0.6) is 5.75 Å². The fraction of sp³-hybridized carbons (Fsp3) is 0.538. The molecule has 0 heterocycles. The Kier molecular flexibility index (Phi) is 5.05. The second-order valence-electron chi connectivity index (χ2n) is 4.38. The molecule has 1 unspecified atom stereocenters. The lowest BCUT2D eigenvalue weighted by Gasteiger charge is -2.25. The molecule has 1 atom stereocenters. The number of nitrogens with one attached hydrogen (secondary N) is 1. The van der Waals surface area contributed by atoms with E-state index in [1.165, 1.54) is 11.0 Å². The second kappa shape index (κ2) is 6.14. The Morgan fingerprint density at radius 2 is 2.00 bits per heavy atom. The van der Waals surface area contributed by atoms with Crippen molar-refractivity contribution < 1.29 is 18.3 Å². The van der Waals surface area contributed by atoms with Crippen LogP contribution < -0.4 is 10.2 Å². The Morgan fingerprint density at radius 1 is 1.37 bits per heavy atom. The molecule has 108 valence electrons. The number of halogens is 3. The van der Waals surface area contributed by atoms with Crippen LogP contribution >= 0.6 is 0 Å². The van der Waals surface area contributed by atoms with Crippen LogP contribution in [0.25, 0.3) is 0 Å². The summed E-state index contributed by atoms with van der Waals surface area (Å²) in [6, 6.07) is 4.55. The third-order valence-corrected chi connectivity index (χ3v) is 3.03. The molecule has 1 aromatic rings. The van der Waals surface area contributed by atoms with Gasteiger partial charge in [-0.3, -0.25) is 0 Å². The van der Waals surface area contributed by atoms with E-state index in [9.17, 15) is 18.3 Å². The SMILES string of the molecule is CCN(CC(F)(F)F)c1ccc(C(C)NC)c(O)c1. The molecule has 1 aromatic carbocycles. The molecule has 0 amide bonds. The molecule has 0 radical (unpaired) electrons. The smallest absolute Gasteiger partial charge is 0.405 e. The standard InChI is InChI=1S/C13H19F3N2O/c1-4-18(8-13(14,15)16)10-5-6-11(9(2)17-3)12(19)7-10/h5-7,9,17,19H,4,8H2,1-3H3. The summed E-state index contributed by atoms with van der Waals surface area (Å²) in [5, 5.41) is 12.9.